The molecule has 0 radical (unpaired) electrons. The molecule has 0 bridgehead atoms. The Balaban J connectivity index is 2.66. The third kappa shape index (κ3) is 2.04. The van der Waals surface area contributed by atoms with Crippen molar-refractivity contribution in [3.05, 3.63) is 23.8 Å². The van der Waals surface area contributed by atoms with Crippen molar-refractivity contribution in [1.29, 1.82) is 0 Å². The van der Waals surface area contributed by atoms with Gasteiger partial charge in [-0.05, 0) is 17.7 Å². The molecule has 2 rings (SSSR count). The molecule has 2 aromatic rings. The fourth-order valence-electron chi connectivity index (χ4n) is 1.15. The Bertz CT molecular complexity index is 605. The van der Waals surface area contributed by atoms with E-state index >= 15 is 0 Å². The zero-order valence-electron chi connectivity index (χ0n) is 7.47. The molecule has 0 saturated heterocycles. The number of hydrogen-bond acceptors (Lipinski definition) is 4. The molecular formula is C8H7BrN2O3S. The van der Waals surface area contributed by atoms with E-state index in [0.29, 0.717) is 16.4 Å². The van der Waals surface area contributed by atoms with Gasteiger partial charge in [-0.15, -0.1) is 0 Å². The van der Waals surface area contributed by atoms with E-state index in [9.17, 15) is 8.42 Å². The van der Waals surface area contributed by atoms with Crippen molar-refractivity contribution < 1.29 is 12.8 Å². The van der Waals surface area contributed by atoms with Gasteiger partial charge in [-0.25, -0.2) is 13.6 Å². The third-order valence-electron chi connectivity index (χ3n) is 1.83. The number of aromatic nitrogens is 1. The van der Waals surface area contributed by atoms with E-state index in [1.54, 1.807) is 12.1 Å². The van der Waals surface area contributed by atoms with Crippen LogP contribution in [0.3, 0.4) is 0 Å². The molecule has 1 aromatic heterocycles. The molecule has 0 amide bonds. The summed E-state index contributed by atoms with van der Waals surface area (Å²) >= 11 is 3.28. The van der Waals surface area contributed by atoms with Crippen LogP contribution in [0.15, 0.2) is 27.8 Å². The van der Waals surface area contributed by atoms with Gasteiger partial charge in [-0.1, -0.05) is 22.0 Å². The van der Waals surface area contributed by atoms with Crippen LogP contribution in [-0.4, -0.2) is 13.4 Å². The molecule has 0 saturated carbocycles. The van der Waals surface area contributed by atoms with Gasteiger partial charge >= 0.3 is 5.22 Å². The van der Waals surface area contributed by atoms with Gasteiger partial charge in [0, 0.05) is 5.33 Å². The molecule has 0 fully saturated rings. The monoisotopic (exact) mass is 290 g/mol. The first-order chi connectivity index (χ1) is 7.00. The number of benzene rings is 1. The molecule has 80 valence electrons. The highest BCUT2D eigenvalue weighted by atomic mass is 79.9. The van der Waals surface area contributed by atoms with Gasteiger partial charge in [0.05, 0.1) is 0 Å². The Labute approximate surface area is 94.5 Å². The Kier molecular flexibility index (Phi) is 2.53. The minimum Gasteiger partial charge on any atom is -0.427 e. The number of sulfonamides is 1. The average molecular weight is 291 g/mol. The minimum absolute atomic E-state index is 0.413. The number of rotatable bonds is 2. The lowest BCUT2D eigenvalue weighted by Crippen LogP contribution is -2.12. The van der Waals surface area contributed by atoms with Crippen LogP contribution in [0, 0.1) is 0 Å². The second-order valence-corrected chi connectivity index (χ2v) is 4.96. The number of nitrogens with zero attached hydrogens (tertiary/aromatic N) is 1. The Morgan fingerprint density at radius 3 is 2.80 bits per heavy atom. The largest absolute Gasteiger partial charge is 0.427 e. The molecule has 2 N–H and O–H groups in total. The summed E-state index contributed by atoms with van der Waals surface area (Å²) in [5, 5.41) is 5.10. The van der Waals surface area contributed by atoms with Crippen LogP contribution in [0.2, 0.25) is 0 Å². The first-order valence-corrected chi connectivity index (χ1v) is 6.66. The number of halogens is 1. The van der Waals surface area contributed by atoms with E-state index in [-0.39, 0.29) is 0 Å². The lowest BCUT2D eigenvalue weighted by Gasteiger charge is -1.91. The molecule has 0 unspecified atom stereocenters. The summed E-state index contributed by atoms with van der Waals surface area (Å²) in [4.78, 5) is 3.76. The summed E-state index contributed by atoms with van der Waals surface area (Å²) in [6.07, 6.45) is 0. The predicted octanol–water partition coefficient (Wildman–Crippen LogP) is 1.37. The second-order valence-electron chi connectivity index (χ2n) is 2.96. The standard InChI is InChI=1S/C8H7BrN2O3S/c9-4-5-1-2-6-7(3-5)14-8(11-6)15(10,12)13/h1-3H,4H2,(H2,10,12,13). The number of alkyl halides is 1. The van der Waals surface area contributed by atoms with E-state index in [2.05, 4.69) is 20.9 Å². The number of fused-ring (bicyclic) bond motifs is 1. The summed E-state index contributed by atoms with van der Waals surface area (Å²) in [6.45, 7) is 0. The molecule has 1 heterocycles. The minimum atomic E-state index is -3.87. The number of oxazole rings is 1. The highest BCUT2D eigenvalue weighted by Crippen LogP contribution is 2.20. The zero-order chi connectivity index (χ0) is 11.1. The molecule has 0 aliphatic rings. The molecule has 1 aromatic carbocycles. The number of nitrogens with two attached hydrogens (primary N) is 1. The summed E-state index contributed by atoms with van der Waals surface area (Å²) in [6, 6.07) is 5.22. The molecule has 0 aliphatic carbocycles. The van der Waals surface area contributed by atoms with Crippen LogP contribution < -0.4 is 5.14 Å². The summed E-state index contributed by atoms with van der Waals surface area (Å²) in [5.74, 6) is 0. The SMILES string of the molecule is NS(=O)(=O)c1nc2ccc(CBr)cc2o1. The summed E-state index contributed by atoms with van der Waals surface area (Å²) in [7, 11) is -3.87. The van der Waals surface area contributed by atoms with Crippen molar-refractivity contribution in [3.63, 3.8) is 0 Å². The molecule has 15 heavy (non-hydrogen) atoms. The predicted molar refractivity (Wildman–Crippen MR) is 58.0 cm³/mol. The van der Waals surface area contributed by atoms with Crippen LogP contribution in [0.25, 0.3) is 11.1 Å². The van der Waals surface area contributed by atoms with Crippen LogP contribution in [0.1, 0.15) is 5.56 Å². The van der Waals surface area contributed by atoms with E-state index in [0.717, 1.165) is 5.56 Å². The van der Waals surface area contributed by atoms with Gasteiger partial charge in [-0.2, -0.15) is 4.98 Å². The summed E-state index contributed by atoms with van der Waals surface area (Å²) < 4.78 is 27.0. The van der Waals surface area contributed by atoms with Crippen molar-refractivity contribution in [3.8, 4) is 0 Å². The van der Waals surface area contributed by atoms with Crippen molar-refractivity contribution in [2.75, 3.05) is 0 Å². The van der Waals surface area contributed by atoms with Crippen LogP contribution in [-0.2, 0) is 15.4 Å². The van der Waals surface area contributed by atoms with Crippen LogP contribution >= 0.6 is 15.9 Å². The molecule has 0 atom stereocenters. The van der Waals surface area contributed by atoms with E-state index in [1.807, 2.05) is 6.07 Å². The molecule has 0 spiro atoms. The fraction of sp³-hybridized carbons (Fsp3) is 0.125. The normalized spacial score (nSPS) is 12.1. The maximum atomic E-state index is 11.0. The first-order valence-electron chi connectivity index (χ1n) is 3.99. The van der Waals surface area contributed by atoms with E-state index in [1.165, 1.54) is 0 Å². The quantitative estimate of drug-likeness (QED) is 0.847. The molecule has 5 nitrogen and oxygen atoms in total. The lowest BCUT2D eigenvalue weighted by atomic mass is 10.2. The maximum absolute atomic E-state index is 11.0. The van der Waals surface area contributed by atoms with Crippen molar-refractivity contribution >= 4 is 37.1 Å². The molecule has 0 aliphatic heterocycles. The summed E-state index contributed by atoms with van der Waals surface area (Å²) in [5.41, 5.74) is 1.86. The van der Waals surface area contributed by atoms with Gasteiger partial charge in [-0.3, -0.25) is 0 Å². The third-order valence-corrected chi connectivity index (χ3v) is 3.14. The van der Waals surface area contributed by atoms with Gasteiger partial charge in [0.15, 0.2) is 5.58 Å². The van der Waals surface area contributed by atoms with Crippen molar-refractivity contribution in [2.24, 2.45) is 5.14 Å². The molecule has 7 heteroatoms. The number of primary sulfonamides is 1. The van der Waals surface area contributed by atoms with Crippen molar-refractivity contribution in [2.45, 2.75) is 10.6 Å². The molecular weight excluding hydrogens is 284 g/mol. The first kappa shape index (κ1) is 10.6. The highest BCUT2D eigenvalue weighted by Gasteiger charge is 2.16. The smallest absolute Gasteiger partial charge is 0.331 e. The average Bonchev–Trinajstić information content (AvgIpc) is 2.59. The van der Waals surface area contributed by atoms with Gasteiger partial charge < -0.3 is 4.42 Å². The van der Waals surface area contributed by atoms with Crippen molar-refractivity contribution in [1.82, 2.24) is 4.98 Å². The Morgan fingerprint density at radius 1 is 1.47 bits per heavy atom. The van der Waals surface area contributed by atoms with Gasteiger partial charge in [0.25, 0.3) is 10.0 Å². The van der Waals surface area contributed by atoms with Crippen LogP contribution in [0.5, 0.6) is 0 Å². The van der Waals surface area contributed by atoms with Gasteiger partial charge in [0.1, 0.15) is 5.52 Å². The Hall–Kier alpha value is -0.920. The second kappa shape index (κ2) is 3.58. The van der Waals surface area contributed by atoms with Crippen LogP contribution in [0.4, 0.5) is 0 Å². The maximum Gasteiger partial charge on any atom is 0.331 e. The fourth-order valence-corrected chi connectivity index (χ4v) is 1.93. The van der Waals surface area contributed by atoms with E-state index in [4.69, 9.17) is 9.56 Å². The number of hydrogen-bond donors (Lipinski definition) is 1. The lowest BCUT2D eigenvalue weighted by molar-refractivity contribution is 0.459. The topological polar surface area (TPSA) is 86.2 Å². The Morgan fingerprint density at radius 2 is 2.20 bits per heavy atom. The van der Waals surface area contributed by atoms with E-state index < -0.39 is 15.2 Å². The van der Waals surface area contributed by atoms with Gasteiger partial charge in [0.2, 0.25) is 0 Å². The highest BCUT2D eigenvalue weighted by molar-refractivity contribution is 9.08. The zero-order valence-corrected chi connectivity index (χ0v) is 9.88.